The molecule has 1 N–H and O–H groups in total. The largest absolute Gasteiger partial charge is 0.348 e. The van der Waals surface area contributed by atoms with E-state index in [9.17, 15) is 9.59 Å². The molecule has 0 bridgehead atoms. The van der Waals surface area contributed by atoms with Crippen molar-refractivity contribution < 1.29 is 9.59 Å². The minimum atomic E-state index is -0.149. The molecule has 0 aliphatic rings. The fraction of sp³-hybridized carbons (Fsp3) is 0.300. The normalized spacial score (nSPS) is 10.4. The van der Waals surface area contributed by atoms with Gasteiger partial charge in [0.1, 0.15) is 0 Å². The average molecular weight is 356 g/mol. The average Bonchev–Trinajstić information content (AvgIpc) is 2.61. The predicted molar refractivity (Wildman–Crippen MR) is 104 cm³/mol. The number of rotatable bonds is 6. The number of hydrogen-bond donors (Lipinski definition) is 1. The molecule has 2 amide bonds. The Morgan fingerprint density at radius 1 is 1.08 bits per heavy atom. The summed E-state index contributed by atoms with van der Waals surface area (Å²) in [6, 6.07) is 13.4. The van der Waals surface area contributed by atoms with Crippen LogP contribution in [-0.4, -0.2) is 36.6 Å². The summed E-state index contributed by atoms with van der Waals surface area (Å²) in [6.45, 7) is 4.06. The van der Waals surface area contributed by atoms with Crippen LogP contribution >= 0.6 is 11.8 Å². The van der Waals surface area contributed by atoms with Crippen molar-refractivity contribution in [1.29, 1.82) is 0 Å². The van der Waals surface area contributed by atoms with E-state index in [1.807, 2.05) is 43.3 Å². The molecule has 0 atom stereocenters. The van der Waals surface area contributed by atoms with Crippen LogP contribution in [0.1, 0.15) is 28.4 Å². The molecule has 25 heavy (non-hydrogen) atoms. The van der Waals surface area contributed by atoms with E-state index >= 15 is 0 Å². The first-order chi connectivity index (χ1) is 11.9. The summed E-state index contributed by atoms with van der Waals surface area (Å²) in [4.78, 5) is 27.0. The summed E-state index contributed by atoms with van der Waals surface area (Å²) in [7, 11) is 3.46. The van der Waals surface area contributed by atoms with Gasteiger partial charge in [0.05, 0.1) is 11.3 Å². The number of nitrogens with one attached hydrogen (secondary N) is 1. The van der Waals surface area contributed by atoms with Crippen LogP contribution in [0.5, 0.6) is 0 Å². The molecular formula is C20H24N2O2S. The quantitative estimate of drug-likeness (QED) is 0.796. The number of thioether (sulfide) groups is 1. The van der Waals surface area contributed by atoms with E-state index < -0.39 is 0 Å². The van der Waals surface area contributed by atoms with Crippen molar-refractivity contribution in [3.63, 3.8) is 0 Å². The maximum atomic E-state index is 12.8. The number of carbonyl (C=O) groups excluding carboxylic acids is 2. The first kappa shape index (κ1) is 19.1. The van der Waals surface area contributed by atoms with E-state index in [0.29, 0.717) is 11.3 Å². The molecule has 0 unspecified atom stereocenters. The highest BCUT2D eigenvalue weighted by atomic mass is 32.2. The van der Waals surface area contributed by atoms with Crippen LogP contribution in [0.3, 0.4) is 0 Å². The Hall–Kier alpha value is -2.27. The Balaban J connectivity index is 2.22. The van der Waals surface area contributed by atoms with Crippen molar-refractivity contribution in [3.8, 4) is 0 Å². The van der Waals surface area contributed by atoms with Crippen LogP contribution in [0.25, 0.3) is 0 Å². The number of benzene rings is 2. The van der Waals surface area contributed by atoms with Crippen LogP contribution in [-0.2, 0) is 11.2 Å². The second-order valence-corrected chi connectivity index (χ2v) is 7.01. The van der Waals surface area contributed by atoms with Gasteiger partial charge in [-0.15, -0.1) is 11.8 Å². The monoisotopic (exact) mass is 356 g/mol. The van der Waals surface area contributed by atoms with E-state index in [0.717, 1.165) is 28.1 Å². The molecule has 0 saturated heterocycles. The lowest BCUT2D eigenvalue weighted by molar-refractivity contribution is -0.125. The number of hydrogen-bond acceptors (Lipinski definition) is 3. The Labute approximate surface area is 153 Å². The van der Waals surface area contributed by atoms with E-state index in [4.69, 9.17) is 0 Å². The van der Waals surface area contributed by atoms with Gasteiger partial charge in [-0.05, 0) is 36.6 Å². The number of nitrogens with zero attached hydrogens (tertiary/aromatic N) is 1. The minimum Gasteiger partial charge on any atom is -0.348 e. The number of anilines is 1. The Morgan fingerprint density at radius 2 is 1.80 bits per heavy atom. The molecule has 0 heterocycles. The van der Waals surface area contributed by atoms with Crippen molar-refractivity contribution in [2.24, 2.45) is 0 Å². The van der Waals surface area contributed by atoms with Crippen molar-refractivity contribution >= 4 is 29.3 Å². The fourth-order valence-electron chi connectivity index (χ4n) is 2.43. The Morgan fingerprint density at radius 3 is 2.48 bits per heavy atom. The van der Waals surface area contributed by atoms with E-state index in [-0.39, 0.29) is 11.8 Å². The molecule has 2 aromatic rings. The molecular weight excluding hydrogens is 332 g/mol. The standard InChI is InChI=1S/C20H24N2O2S/c1-5-15-10-8-9-14(2)19(15)21-20(24)16-11-6-7-12-17(16)25-13-18(23)22(3)4/h6-12H,5,13H2,1-4H3,(H,21,24). The lowest BCUT2D eigenvalue weighted by Gasteiger charge is -2.15. The highest BCUT2D eigenvalue weighted by Crippen LogP contribution is 2.26. The molecule has 2 aromatic carbocycles. The van der Waals surface area contributed by atoms with Gasteiger partial charge >= 0.3 is 0 Å². The van der Waals surface area contributed by atoms with Crippen molar-refractivity contribution in [1.82, 2.24) is 4.90 Å². The summed E-state index contributed by atoms with van der Waals surface area (Å²) in [5.74, 6) is 0.179. The van der Waals surface area contributed by atoms with Crippen molar-refractivity contribution in [2.75, 3.05) is 25.2 Å². The zero-order chi connectivity index (χ0) is 18.4. The molecule has 4 nitrogen and oxygen atoms in total. The summed E-state index contributed by atoms with van der Waals surface area (Å²) in [5.41, 5.74) is 3.62. The van der Waals surface area contributed by atoms with Gasteiger partial charge in [0.25, 0.3) is 5.91 Å². The molecule has 0 fully saturated rings. The van der Waals surface area contributed by atoms with Crippen LogP contribution in [0.4, 0.5) is 5.69 Å². The third-order valence-corrected chi connectivity index (χ3v) is 5.02. The second kappa shape index (κ2) is 8.72. The molecule has 0 spiro atoms. The molecule has 0 saturated carbocycles. The molecule has 0 aromatic heterocycles. The molecule has 132 valence electrons. The van der Waals surface area contributed by atoms with Gasteiger partial charge in [0.15, 0.2) is 0 Å². The molecule has 2 rings (SSSR count). The summed E-state index contributed by atoms with van der Waals surface area (Å²) in [6.07, 6.45) is 0.852. The van der Waals surface area contributed by atoms with Crippen LogP contribution in [0, 0.1) is 6.92 Å². The summed E-state index contributed by atoms with van der Waals surface area (Å²) in [5, 5.41) is 3.05. The van der Waals surface area contributed by atoms with Gasteiger partial charge in [-0.1, -0.05) is 37.3 Å². The van der Waals surface area contributed by atoms with Gasteiger partial charge in [-0.25, -0.2) is 0 Å². The first-order valence-electron chi connectivity index (χ1n) is 8.25. The maximum Gasteiger partial charge on any atom is 0.256 e. The van der Waals surface area contributed by atoms with Gasteiger partial charge < -0.3 is 10.2 Å². The minimum absolute atomic E-state index is 0.0207. The SMILES string of the molecule is CCc1cccc(C)c1NC(=O)c1ccccc1SCC(=O)N(C)C. The van der Waals surface area contributed by atoms with Crippen LogP contribution in [0.15, 0.2) is 47.4 Å². The zero-order valence-corrected chi connectivity index (χ0v) is 15.9. The lowest BCUT2D eigenvalue weighted by Crippen LogP contribution is -2.23. The maximum absolute atomic E-state index is 12.8. The third kappa shape index (κ3) is 4.86. The van der Waals surface area contributed by atoms with Gasteiger partial charge in [-0.2, -0.15) is 0 Å². The lowest BCUT2D eigenvalue weighted by atomic mass is 10.1. The smallest absolute Gasteiger partial charge is 0.256 e. The first-order valence-corrected chi connectivity index (χ1v) is 9.24. The van der Waals surface area contributed by atoms with E-state index in [1.54, 1.807) is 25.1 Å². The van der Waals surface area contributed by atoms with Gasteiger partial charge in [0.2, 0.25) is 5.91 Å². The number of carbonyl (C=O) groups is 2. The predicted octanol–water partition coefficient (Wildman–Crippen LogP) is 3.99. The molecule has 0 radical (unpaired) electrons. The molecule has 5 heteroatoms. The second-order valence-electron chi connectivity index (χ2n) is 5.99. The Kier molecular flexibility index (Phi) is 6.65. The number of aryl methyl sites for hydroxylation is 2. The van der Waals surface area contributed by atoms with Crippen molar-refractivity contribution in [3.05, 3.63) is 59.2 Å². The van der Waals surface area contributed by atoms with E-state index in [2.05, 4.69) is 12.2 Å². The van der Waals surface area contributed by atoms with Crippen molar-refractivity contribution in [2.45, 2.75) is 25.2 Å². The van der Waals surface area contributed by atoms with Crippen LogP contribution < -0.4 is 5.32 Å². The summed E-state index contributed by atoms with van der Waals surface area (Å²) < 4.78 is 0. The zero-order valence-electron chi connectivity index (χ0n) is 15.1. The van der Waals surface area contributed by atoms with Gasteiger partial charge in [0, 0.05) is 24.7 Å². The van der Waals surface area contributed by atoms with Gasteiger partial charge in [-0.3, -0.25) is 9.59 Å². The van der Waals surface area contributed by atoms with E-state index in [1.165, 1.54) is 11.8 Å². The summed E-state index contributed by atoms with van der Waals surface area (Å²) >= 11 is 1.38. The highest BCUT2D eigenvalue weighted by molar-refractivity contribution is 8.00. The molecule has 0 aliphatic heterocycles. The Bertz CT molecular complexity index is 772. The third-order valence-electron chi connectivity index (χ3n) is 3.96. The molecule has 0 aliphatic carbocycles. The fourth-order valence-corrected chi connectivity index (χ4v) is 3.46. The highest BCUT2D eigenvalue weighted by Gasteiger charge is 2.15. The number of amides is 2. The topological polar surface area (TPSA) is 49.4 Å². The number of para-hydroxylation sites is 1. The van der Waals surface area contributed by atoms with Crippen LogP contribution in [0.2, 0.25) is 0 Å².